The van der Waals surface area contributed by atoms with E-state index >= 15 is 0 Å². The Balaban J connectivity index is 1.54. The average molecular weight is 531 g/mol. The zero-order chi connectivity index (χ0) is 26.4. The van der Waals surface area contributed by atoms with Crippen LogP contribution in [0.15, 0.2) is 66.2 Å². The van der Waals surface area contributed by atoms with Crippen LogP contribution in [-0.4, -0.2) is 49.2 Å². The van der Waals surface area contributed by atoms with E-state index in [2.05, 4.69) is 4.98 Å². The van der Waals surface area contributed by atoms with E-state index in [0.717, 1.165) is 4.70 Å². The van der Waals surface area contributed by atoms with Crippen molar-refractivity contribution in [1.82, 2.24) is 4.98 Å². The maximum absolute atomic E-state index is 13.5. The predicted octanol–water partition coefficient (Wildman–Crippen LogP) is 4.71. The first-order chi connectivity index (χ1) is 18.5. The van der Waals surface area contributed by atoms with E-state index in [1.807, 2.05) is 6.07 Å². The molecule has 38 heavy (non-hydrogen) atoms. The maximum atomic E-state index is 13.5. The lowest BCUT2D eigenvalue weighted by Gasteiger charge is -2.23. The van der Waals surface area contributed by atoms with Gasteiger partial charge in [-0.2, -0.15) is 0 Å². The second kappa shape index (κ2) is 9.38. The van der Waals surface area contributed by atoms with Gasteiger partial charge in [0.25, 0.3) is 5.78 Å². The molecule has 3 aromatic carbocycles. The van der Waals surface area contributed by atoms with Crippen LogP contribution in [0, 0.1) is 0 Å². The minimum atomic E-state index is -0.944. The number of hydrogen-bond donors (Lipinski definition) is 1. The number of thiazole rings is 1. The molecule has 0 aliphatic carbocycles. The van der Waals surface area contributed by atoms with Gasteiger partial charge in [0.1, 0.15) is 30.5 Å². The summed E-state index contributed by atoms with van der Waals surface area (Å²) in [6.07, 6.45) is 0. The lowest BCUT2D eigenvalue weighted by Crippen LogP contribution is -2.29. The van der Waals surface area contributed by atoms with Crippen molar-refractivity contribution in [2.75, 3.05) is 32.3 Å². The van der Waals surface area contributed by atoms with E-state index < -0.39 is 17.7 Å². The number of anilines is 1. The number of Topliss-reactive ketones (excluding diaryl/α,β-unsaturated/α-hetero) is 1. The summed E-state index contributed by atoms with van der Waals surface area (Å²) in [5.74, 6) is 0.262. The summed E-state index contributed by atoms with van der Waals surface area (Å²) in [7, 11) is 3.11. The van der Waals surface area contributed by atoms with E-state index in [4.69, 9.17) is 18.9 Å². The largest absolute Gasteiger partial charge is 0.507 e. The van der Waals surface area contributed by atoms with E-state index in [9.17, 15) is 14.7 Å². The van der Waals surface area contributed by atoms with Crippen molar-refractivity contribution < 1.29 is 33.6 Å². The van der Waals surface area contributed by atoms with Crippen molar-refractivity contribution in [3.05, 3.63) is 77.4 Å². The highest BCUT2D eigenvalue weighted by Gasteiger charge is 2.48. The number of nitrogens with zero attached hydrogens (tertiary/aromatic N) is 2. The minimum absolute atomic E-state index is 0.0585. The van der Waals surface area contributed by atoms with Gasteiger partial charge in [-0.15, -0.1) is 0 Å². The molecule has 1 fully saturated rings. The number of fused-ring (bicyclic) bond motifs is 2. The molecule has 192 valence electrons. The van der Waals surface area contributed by atoms with Gasteiger partial charge in [-0.3, -0.25) is 14.5 Å². The molecule has 0 unspecified atom stereocenters. The number of ether oxygens (including phenoxy) is 4. The van der Waals surface area contributed by atoms with Crippen LogP contribution >= 0.6 is 11.3 Å². The molecule has 2 aliphatic rings. The molecule has 1 amide bonds. The molecular weight excluding hydrogens is 508 g/mol. The van der Waals surface area contributed by atoms with Gasteiger partial charge in [0, 0.05) is 5.56 Å². The number of benzene rings is 3. The number of aliphatic hydroxyl groups excluding tert-OH is 1. The van der Waals surface area contributed by atoms with Crippen LogP contribution in [-0.2, 0) is 9.59 Å². The lowest BCUT2D eigenvalue weighted by molar-refractivity contribution is -0.132. The Kier molecular flexibility index (Phi) is 5.88. The van der Waals surface area contributed by atoms with Crippen LogP contribution in [0.1, 0.15) is 17.2 Å². The van der Waals surface area contributed by atoms with Gasteiger partial charge in [-0.1, -0.05) is 23.5 Å². The SMILES string of the molecule is COc1cccc([C@@H]2C(=C(O)c3ccc4c(c3)OCCO4)C(=O)C(=O)N2c2nc3ccc(OC)cc3s2)c1. The average Bonchev–Trinajstić information content (AvgIpc) is 3.49. The van der Waals surface area contributed by atoms with E-state index in [1.54, 1.807) is 61.7 Å². The summed E-state index contributed by atoms with van der Waals surface area (Å²) in [5, 5.41) is 11.8. The summed E-state index contributed by atoms with van der Waals surface area (Å²) < 4.78 is 22.7. The van der Waals surface area contributed by atoms with Gasteiger partial charge in [0.05, 0.1) is 36.1 Å². The zero-order valence-corrected chi connectivity index (χ0v) is 21.3. The molecule has 0 bridgehead atoms. The first-order valence-corrected chi connectivity index (χ1v) is 12.6. The highest BCUT2D eigenvalue weighted by Crippen LogP contribution is 2.45. The fraction of sp³-hybridized carbons (Fsp3) is 0.179. The smallest absolute Gasteiger partial charge is 0.301 e. The number of amides is 1. The van der Waals surface area contributed by atoms with Gasteiger partial charge < -0.3 is 24.1 Å². The fourth-order valence-corrected chi connectivity index (χ4v) is 5.65. The van der Waals surface area contributed by atoms with Gasteiger partial charge >= 0.3 is 5.91 Å². The molecule has 3 heterocycles. The van der Waals surface area contributed by atoms with Gasteiger partial charge in [-0.05, 0) is 54.1 Å². The molecule has 9 nitrogen and oxygen atoms in total. The first kappa shape index (κ1) is 23.8. The number of methoxy groups -OCH3 is 2. The second-order valence-electron chi connectivity index (χ2n) is 8.63. The van der Waals surface area contributed by atoms with E-state index in [1.165, 1.54) is 23.3 Å². The van der Waals surface area contributed by atoms with Crippen LogP contribution in [0.2, 0.25) is 0 Å². The molecule has 4 aromatic rings. The first-order valence-electron chi connectivity index (χ1n) is 11.8. The minimum Gasteiger partial charge on any atom is -0.507 e. The van der Waals surface area contributed by atoms with Gasteiger partial charge in [0.2, 0.25) is 0 Å². The summed E-state index contributed by atoms with van der Waals surface area (Å²) >= 11 is 1.26. The van der Waals surface area contributed by atoms with Crippen LogP contribution in [0.3, 0.4) is 0 Å². The molecule has 1 atom stereocenters. The third-order valence-electron chi connectivity index (χ3n) is 6.46. The summed E-state index contributed by atoms with van der Waals surface area (Å²) in [6.45, 7) is 0.793. The Morgan fingerprint density at radius 3 is 2.53 bits per heavy atom. The Bertz CT molecular complexity index is 1630. The third kappa shape index (κ3) is 3.90. The molecule has 6 rings (SSSR count). The fourth-order valence-electron chi connectivity index (χ4n) is 4.63. The molecule has 2 aliphatic heterocycles. The summed E-state index contributed by atoms with van der Waals surface area (Å²) in [4.78, 5) is 33.0. The van der Waals surface area contributed by atoms with Crippen molar-refractivity contribution in [3.8, 4) is 23.0 Å². The number of hydrogen-bond acceptors (Lipinski definition) is 9. The van der Waals surface area contributed by atoms with Crippen molar-refractivity contribution in [1.29, 1.82) is 0 Å². The third-order valence-corrected chi connectivity index (χ3v) is 7.48. The molecule has 0 saturated carbocycles. The molecular formula is C28H22N2O7S. The maximum Gasteiger partial charge on any atom is 0.301 e. The number of carbonyl (C=O) groups excluding carboxylic acids is 2. The Morgan fingerprint density at radius 1 is 0.974 bits per heavy atom. The zero-order valence-electron chi connectivity index (χ0n) is 20.5. The van der Waals surface area contributed by atoms with Crippen molar-refractivity contribution >= 4 is 44.1 Å². The summed E-state index contributed by atoms with van der Waals surface area (Å²) in [6, 6.07) is 16.4. The van der Waals surface area contributed by atoms with Crippen molar-refractivity contribution in [3.63, 3.8) is 0 Å². The molecule has 0 radical (unpaired) electrons. The molecule has 10 heteroatoms. The topological polar surface area (TPSA) is 107 Å². The van der Waals surface area contributed by atoms with Crippen LogP contribution in [0.4, 0.5) is 5.13 Å². The quantitative estimate of drug-likeness (QED) is 0.225. The van der Waals surface area contributed by atoms with Crippen molar-refractivity contribution in [2.45, 2.75) is 6.04 Å². The predicted molar refractivity (Wildman–Crippen MR) is 141 cm³/mol. The van der Waals surface area contributed by atoms with Crippen molar-refractivity contribution in [2.24, 2.45) is 0 Å². The normalized spacial score (nSPS) is 18.2. The standard InChI is InChI=1S/C28H22N2O7S/c1-34-17-5-3-4-15(12-17)24-23(25(31)16-6-9-20-21(13-16)37-11-10-36-20)26(32)27(33)30(24)28-29-19-8-7-18(35-2)14-22(19)38-28/h3-9,12-14,24,31H,10-11H2,1-2H3/t24-/m1/s1. The van der Waals surface area contributed by atoms with Crippen LogP contribution < -0.4 is 23.8 Å². The number of aromatic nitrogens is 1. The van der Waals surface area contributed by atoms with E-state index in [0.29, 0.717) is 58.0 Å². The lowest BCUT2D eigenvalue weighted by atomic mass is 9.95. The van der Waals surface area contributed by atoms with Crippen LogP contribution in [0.5, 0.6) is 23.0 Å². The molecule has 0 spiro atoms. The number of ketones is 1. The molecule has 1 N–H and O–H groups in total. The Labute approximate surface area is 221 Å². The Morgan fingerprint density at radius 2 is 1.74 bits per heavy atom. The molecule has 1 saturated heterocycles. The monoisotopic (exact) mass is 530 g/mol. The second-order valence-corrected chi connectivity index (χ2v) is 9.64. The van der Waals surface area contributed by atoms with E-state index in [-0.39, 0.29) is 11.3 Å². The number of carbonyl (C=O) groups is 2. The molecule has 1 aromatic heterocycles. The number of aliphatic hydroxyl groups is 1. The number of rotatable bonds is 5. The highest BCUT2D eigenvalue weighted by molar-refractivity contribution is 7.22. The van der Waals surface area contributed by atoms with Gasteiger partial charge in [-0.25, -0.2) is 4.98 Å². The van der Waals surface area contributed by atoms with Crippen LogP contribution in [0.25, 0.3) is 16.0 Å². The summed E-state index contributed by atoms with van der Waals surface area (Å²) in [5.41, 5.74) is 1.51. The Hall–Kier alpha value is -4.57. The van der Waals surface area contributed by atoms with Gasteiger partial charge in [0.15, 0.2) is 16.6 Å². The highest BCUT2D eigenvalue weighted by atomic mass is 32.1.